The van der Waals surface area contributed by atoms with Crippen molar-refractivity contribution >= 4 is 5.91 Å². The van der Waals surface area contributed by atoms with E-state index in [2.05, 4.69) is 5.32 Å². The Morgan fingerprint density at radius 2 is 2.39 bits per heavy atom. The van der Waals surface area contributed by atoms with Crippen LogP contribution in [0.15, 0.2) is 18.2 Å². The third-order valence-electron chi connectivity index (χ3n) is 2.97. The summed E-state index contributed by atoms with van der Waals surface area (Å²) in [6, 6.07) is 5.87. The van der Waals surface area contributed by atoms with E-state index in [9.17, 15) is 9.90 Å². The maximum absolute atomic E-state index is 11.4. The fourth-order valence-electron chi connectivity index (χ4n) is 1.94. The summed E-state index contributed by atoms with van der Waals surface area (Å²) in [6.45, 7) is 1.10. The number of hydrogen-bond donors (Lipinski definition) is 3. The van der Waals surface area contributed by atoms with Crippen molar-refractivity contribution in [2.75, 3.05) is 13.2 Å². The molecule has 1 heterocycles. The predicted molar refractivity (Wildman–Crippen MR) is 67.2 cm³/mol. The molecule has 1 amide bonds. The summed E-state index contributed by atoms with van der Waals surface area (Å²) in [6.07, 6.45) is 0.892. The second kappa shape index (κ2) is 5.84. The van der Waals surface area contributed by atoms with E-state index in [1.807, 2.05) is 18.2 Å². The highest BCUT2D eigenvalue weighted by Crippen LogP contribution is 2.25. The van der Waals surface area contributed by atoms with Crippen molar-refractivity contribution in [3.8, 4) is 5.75 Å². The number of aryl methyl sites for hydroxylation is 1. The minimum atomic E-state index is -1.13. The normalized spacial score (nSPS) is 15.4. The molecule has 4 N–H and O–H groups in total. The zero-order valence-corrected chi connectivity index (χ0v) is 10.2. The van der Waals surface area contributed by atoms with Gasteiger partial charge in [-0.05, 0) is 30.0 Å². The number of benzene rings is 1. The first-order chi connectivity index (χ1) is 8.70. The molecule has 0 bridgehead atoms. The second-order valence-electron chi connectivity index (χ2n) is 4.36. The van der Waals surface area contributed by atoms with Crippen LogP contribution in [0.25, 0.3) is 0 Å². The van der Waals surface area contributed by atoms with Gasteiger partial charge in [-0.2, -0.15) is 0 Å². The van der Waals surface area contributed by atoms with E-state index >= 15 is 0 Å². The van der Waals surface area contributed by atoms with Gasteiger partial charge in [-0.25, -0.2) is 0 Å². The lowest BCUT2D eigenvalue weighted by Crippen LogP contribution is -2.38. The van der Waals surface area contributed by atoms with Crippen molar-refractivity contribution < 1.29 is 14.6 Å². The number of rotatable bonds is 4. The zero-order valence-electron chi connectivity index (χ0n) is 10.2. The smallest absolute Gasteiger partial charge is 0.250 e. The van der Waals surface area contributed by atoms with E-state index in [1.165, 1.54) is 5.56 Å². The van der Waals surface area contributed by atoms with Crippen molar-refractivity contribution in [1.82, 2.24) is 5.32 Å². The van der Waals surface area contributed by atoms with E-state index in [0.29, 0.717) is 6.54 Å². The molecule has 0 fully saturated rings. The largest absolute Gasteiger partial charge is 0.493 e. The Labute approximate surface area is 106 Å². The van der Waals surface area contributed by atoms with Gasteiger partial charge in [-0.15, -0.1) is 0 Å². The third-order valence-corrected chi connectivity index (χ3v) is 2.97. The standard InChI is InChI=1S/C13H18N2O3/c14-7-11(16)13(17)15-8-9-3-4-12-10(6-9)2-1-5-18-12/h3-4,6,11,16H,1-2,5,7-8,14H2,(H,15,17). The molecule has 0 spiro atoms. The van der Waals surface area contributed by atoms with E-state index in [4.69, 9.17) is 10.5 Å². The monoisotopic (exact) mass is 250 g/mol. The number of nitrogens with one attached hydrogen (secondary N) is 1. The number of nitrogens with two attached hydrogens (primary N) is 1. The molecular weight excluding hydrogens is 232 g/mol. The summed E-state index contributed by atoms with van der Waals surface area (Å²) in [7, 11) is 0. The van der Waals surface area contributed by atoms with Gasteiger partial charge in [-0.1, -0.05) is 12.1 Å². The van der Waals surface area contributed by atoms with Gasteiger partial charge in [0, 0.05) is 13.1 Å². The lowest BCUT2D eigenvalue weighted by atomic mass is 10.0. The van der Waals surface area contributed by atoms with E-state index in [-0.39, 0.29) is 6.54 Å². The molecule has 18 heavy (non-hydrogen) atoms. The number of hydrogen-bond acceptors (Lipinski definition) is 4. The van der Waals surface area contributed by atoms with Crippen LogP contribution >= 0.6 is 0 Å². The number of carbonyl (C=O) groups excluding carboxylic acids is 1. The first kappa shape index (κ1) is 12.9. The van der Waals surface area contributed by atoms with Crippen LogP contribution in [0.5, 0.6) is 5.75 Å². The Morgan fingerprint density at radius 3 is 3.17 bits per heavy atom. The molecule has 1 aliphatic rings. The van der Waals surface area contributed by atoms with E-state index in [0.717, 1.165) is 30.8 Å². The van der Waals surface area contributed by atoms with Crippen LogP contribution in [0, 0.1) is 0 Å². The van der Waals surface area contributed by atoms with Crippen molar-refractivity contribution in [3.05, 3.63) is 29.3 Å². The summed E-state index contributed by atoms with van der Waals surface area (Å²) >= 11 is 0. The van der Waals surface area contributed by atoms with Gasteiger partial charge < -0.3 is 20.9 Å². The van der Waals surface area contributed by atoms with Crippen LogP contribution in [0.3, 0.4) is 0 Å². The van der Waals surface area contributed by atoms with Crippen molar-refractivity contribution in [2.45, 2.75) is 25.5 Å². The van der Waals surface area contributed by atoms with Gasteiger partial charge in [0.15, 0.2) is 0 Å². The Bertz CT molecular complexity index is 434. The number of ether oxygens (including phenoxy) is 1. The third kappa shape index (κ3) is 3.00. The molecule has 1 atom stereocenters. The summed E-state index contributed by atoms with van der Waals surface area (Å²) in [5.74, 6) is 0.491. The van der Waals surface area contributed by atoms with Crippen molar-refractivity contribution in [3.63, 3.8) is 0 Å². The fraction of sp³-hybridized carbons (Fsp3) is 0.462. The van der Waals surface area contributed by atoms with Crippen LogP contribution in [0.4, 0.5) is 0 Å². The van der Waals surface area contributed by atoms with Gasteiger partial charge in [0.25, 0.3) is 0 Å². The van der Waals surface area contributed by atoms with Gasteiger partial charge in [0.05, 0.1) is 6.61 Å². The molecule has 98 valence electrons. The van der Waals surface area contributed by atoms with Gasteiger partial charge >= 0.3 is 0 Å². The SMILES string of the molecule is NCC(O)C(=O)NCc1ccc2c(c1)CCCO2. The Hall–Kier alpha value is -1.59. The minimum absolute atomic E-state index is 0.0656. The summed E-state index contributed by atoms with van der Waals surface area (Å²) < 4.78 is 5.52. The lowest BCUT2D eigenvalue weighted by molar-refractivity contribution is -0.128. The topological polar surface area (TPSA) is 84.6 Å². The molecule has 5 nitrogen and oxygen atoms in total. The molecule has 1 aromatic carbocycles. The van der Waals surface area contributed by atoms with Crippen molar-refractivity contribution in [2.24, 2.45) is 5.73 Å². The van der Waals surface area contributed by atoms with Gasteiger partial charge in [0.2, 0.25) is 5.91 Å². The van der Waals surface area contributed by atoms with Crippen molar-refractivity contribution in [1.29, 1.82) is 0 Å². The Kier molecular flexibility index (Phi) is 4.17. The Morgan fingerprint density at radius 1 is 1.56 bits per heavy atom. The predicted octanol–water partition coefficient (Wildman–Crippen LogP) is -0.0526. The second-order valence-corrected chi connectivity index (χ2v) is 4.36. The molecule has 0 radical (unpaired) electrons. The highest BCUT2D eigenvalue weighted by molar-refractivity contribution is 5.80. The number of aliphatic hydroxyl groups excluding tert-OH is 1. The average Bonchev–Trinajstić information content (AvgIpc) is 2.43. The average molecular weight is 250 g/mol. The number of fused-ring (bicyclic) bond motifs is 1. The van der Waals surface area contributed by atoms with Crippen LogP contribution < -0.4 is 15.8 Å². The molecule has 2 rings (SSSR count). The summed E-state index contributed by atoms with van der Waals surface area (Å²) in [5.41, 5.74) is 7.38. The first-order valence-electron chi connectivity index (χ1n) is 6.11. The summed E-state index contributed by atoms with van der Waals surface area (Å²) in [4.78, 5) is 11.4. The molecule has 1 aliphatic heterocycles. The van der Waals surface area contributed by atoms with Crippen LogP contribution in [-0.4, -0.2) is 30.3 Å². The molecule has 0 saturated heterocycles. The number of amides is 1. The molecular formula is C13H18N2O3. The number of carbonyl (C=O) groups is 1. The molecule has 0 saturated carbocycles. The maximum atomic E-state index is 11.4. The molecule has 0 aromatic heterocycles. The lowest BCUT2D eigenvalue weighted by Gasteiger charge is -2.18. The highest BCUT2D eigenvalue weighted by Gasteiger charge is 2.13. The van der Waals surface area contributed by atoms with Crippen LogP contribution in [0.2, 0.25) is 0 Å². The van der Waals surface area contributed by atoms with Crippen LogP contribution in [0.1, 0.15) is 17.5 Å². The fourth-order valence-corrected chi connectivity index (χ4v) is 1.94. The first-order valence-corrected chi connectivity index (χ1v) is 6.11. The van der Waals surface area contributed by atoms with Gasteiger partial charge in [0.1, 0.15) is 11.9 Å². The highest BCUT2D eigenvalue weighted by atomic mass is 16.5. The van der Waals surface area contributed by atoms with E-state index < -0.39 is 12.0 Å². The molecule has 1 unspecified atom stereocenters. The molecule has 0 aliphatic carbocycles. The number of aliphatic hydroxyl groups is 1. The summed E-state index contributed by atoms with van der Waals surface area (Å²) in [5, 5.41) is 11.9. The molecule has 5 heteroatoms. The van der Waals surface area contributed by atoms with Crippen LogP contribution in [-0.2, 0) is 17.8 Å². The minimum Gasteiger partial charge on any atom is -0.493 e. The Balaban J connectivity index is 1.96. The zero-order chi connectivity index (χ0) is 13.0. The van der Waals surface area contributed by atoms with Gasteiger partial charge in [-0.3, -0.25) is 4.79 Å². The molecule has 1 aromatic rings. The quantitative estimate of drug-likeness (QED) is 0.699. The maximum Gasteiger partial charge on any atom is 0.250 e. The van der Waals surface area contributed by atoms with E-state index in [1.54, 1.807) is 0 Å².